The Morgan fingerprint density at radius 1 is 1.33 bits per heavy atom. The number of benzene rings is 1. The van der Waals surface area contributed by atoms with E-state index in [1.54, 1.807) is 10.9 Å². The van der Waals surface area contributed by atoms with Gasteiger partial charge < -0.3 is 10.5 Å². The first-order chi connectivity index (χ1) is 9.81. The van der Waals surface area contributed by atoms with Gasteiger partial charge in [-0.1, -0.05) is 12.1 Å². The Bertz CT molecular complexity index is 610. The molecule has 1 aromatic carbocycles. The molecule has 0 aliphatic rings. The Morgan fingerprint density at radius 2 is 1.95 bits per heavy atom. The van der Waals surface area contributed by atoms with Gasteiger partial charge in [-0.05, 0) is 40.5 Å². The van der Waals surface area contributed by atoms with Gasteiger partial charge in [0.15, 0.2) is 0 Å². The number of alkyl halides is 3. The largest absolute Gasteiger partial charge is 0.573 e. The molecule has 4 nitrogen and oxygen atoms in total. The minimum Gasteiger partial charge on any atom is -0.406 e. The van der Waals surface area contributed by atoms with Gasteiger partial charge in [0.1, 0.15) is 5.75 Å². The van der Waals surface area contributed by atoms with E-state index in [1.165, 1.54) is 24.3 Å². The molecule has 0 saturated carbocycles. The Kier molecular flexibility index (Phi) is 4.58. The van der Waals surface area contributed by atoms with Crippen LogP contribution in [0.1, 0.15) is 24.2 Å². The molecule has 1 unspecified atom stereocenters. The molecule has 8 heteroatoms. The number of aryl methyl sites for hydroxylation is 1. The standard InChI is InChI=1S/C13H13BrF3N3O/c1-2-20-12(10(14)7-19-20)11(18)8-3-5-9(6-4-8)21-13(15,16)17/h3-7,11H,2,18H2,1H3. The number of halogens is 4. The van der Waals surface area contributed by atoms with Gasteiger partial charge >= 0.3 is 6.36 Å². The summed E-state index contributed by atoms with van der Waals surface area (Å²) < 4.78 is 42.6. The number of ether oxygens (including phenoxy) is 1. The fourth-order valence-electron chi connectivity index (χ4n) is 1.97. The molecule has 1 aromatic heterocycles. The highest BCUT2D eigenvalue weighted by molar-refractivity contribution is 9.10. The summed E-state index contributed by atoms with van der Waals surface area (Å²) in [5, 5.41) is 4.16. The summed E-state index contributed by atoms with van der Waals surface area (Å²) in [4.78, 5) is 0. The molecule has 1 heterocycles. The van der Waals surface area contributed by atoms with Crippen LogP contribution in [0.4, 0.5) is 13.2 Å². The van der Waals surface area contributed by atoms with Crippen LogP contribution in [0.15, 0.2) is 34.9 Å². The van der Waals surface area contributed by atoms with Crippen molar-refractivity contribution in [2.75, 3.05) is 0 Å². The highest BCUT2D eigenvalue weighted by Gasteiger charge is 2.31. The van der Waals surface area contributed by atoms with E-state index in [-0.39, 0.29) is 5.75 Å². The monoisotopic (exact) mass is 363 g/mol. The Hall–Kier alpha value is -1.54. The SMILES string of the molecule is CCn1ncc(Br)c1C(N)c1ccc(OC(F)(F)F)cc1. The average molecular weight is 364 g/mol. The van der Waals surface area contributed by atoms with E-state index in [1.807, 2.05) is 6.92 Å². The number of hydrogen-bond donors (Lipinski definition) is 1. The van der Waals surface area contributed by atoms with Crippen LogP contribution in [0.3, 0.4) is 0 Å². The van der Waals surface area contributed by atoms with Crippen LogP contribution in [0.5, 0.6) is 5.75 Å². The average Bonchev–Trinajstić information content (AvgIpc) is 2.78. The number of nitrogens with zero attached hydrogens (tertiary/aromatic N) is 2. The van der Waals surface area contributed by atoms with E-state index < -0.39 is 12.4 Å². The maximum Gasteiger partial charge on any atom is 0.573 e. The first-order valence-electron chi connectivity index (χ1n) is 6.14. The molecule has 0 fully saturated rings. The fourth-order valence-corrected chi connectivity index (χ4v) is 2.51. The van der Waals surface area contributed by atoms with Crippen molar-refractivity contribution >= 4 is 15.9 Å². The van der Waals surface area contributed by atoms with Crippen molar-refractivity contribution in [1.82, 2.24) is 9.78 Å². The van der Waals surface area contributed by atoms with Gasteiger partial charge in [0.05, 0.1) is 22.4 Å². The van der Waals surface area contributed by atoms with Crippen LogP contribution < -0.4 is 10.5 Å². The number of rotatable bonds is 4. The van der Waals surface area contributed by atoms with Gasteiger partial charge in [-0.3, -0.25) is 4.68 Å². The summed E-state index contributed by atoms with van der Waals surface area (Å²) in [7, 11) is 0. The molecule has 2 rings (SSSR count). The second-order valence-electron chi connectivity index (χ2n) is 4.29. The lowest BCUT2D eigenvalue weighted by atomic mass is 10.0. The molecule has 2 N–H and O–H groups in total. The Morgan fingerprint density at radius 3 is 2.48 bits per heavy atom. The van der Waals surface area contributed by atoms with Crippen molar-refractivity contribution in [3.63, 3.8) is 0 Å². The highest BCUT2D eigenvalue weighted by atomic mass is 79.9. The van der Waals surface area contributed by atoms with Crippen LogP contribution in [-0.2, 0) is 6.54 Å². The van der Waals surface area contributed by atoms with E-state index in [4.69, 9.17) is 5.73 Å². The molecular weight excluding hydrogens is 351 g/mol. The third-order valence-corrected chi connectivity index (χ3v) is 3.51. The molecule has 0 saturated heterocycles. The molecule has 2 aromatic rings. The summed E-state index contributed by atoms with van der Waals surface area (Å²) in [5.74, 6) is -0.276. The zero-order valence-corrected chi connectivity index (χ0v) is 12.6. The first kappa shape index (κ1) is 15.8. The van der Waals surface area contributed by atoms with E-state index in [9.17, 15) is 13.2 Å². The van der Waals surface area contributed by atoms with Gasteiger partial charge in [-0.15, -0.1) is 13.2 Å². The molecule has 1 atom stereocenters. The summed E-state index contributed by atoms with van der Waals surface area (Å²) in [6.45, 7) is 2.57. The summed E-state index contributed by atoms with van der Waals surface area (Å²) in [6, 6.07) is 4.99. The van der Waals surface area contributed by atoms with Crippen LogP contribution >= 0.6 is 15.9 Å². The van der Waals surface area contributed by atoms with Gasteiger partial charge in [0, 0.05) is 6.54 Å². The maximum atomic E-state index is 12.1. The fraction of sp³-hybridized carbons (Fsp3) is 0.308. The number of hydrogen-bond acceptors (Lipinski definition) is 3. The third kappa shape index (κ3) is 3.76. The molecule has 0 amide bonds. The number of aromatic nitrogens is 2. The number of nitrogens with two attached hydrogens (primary N) is 1. The molecule has 0 bridgehead atoms. The predicted octanol–water partition coefficient (Wildman–Crippen LogP) is 3.61. The zero-order chi connectivity index (χ0) is 15.6. The maximum absolute atomic E-state index is 12.1. The van der Waals surface area contributed by atoms with Crippen LogP contribution in [0.25, 0.3) is 0 Å². The van der Waals surface area contributed by atoms with Crippen molar-refractivity contribution < 1.29 is 17.9 Å². The van der Waals surface area contributed by atoms with E-state index in [2.05, 4.69) is 25.8 Å². The minimum absolute atomic E-state index is 0.276. The second kappa shape index (κ2) is 6.07. The lowest BCUT2D eigenvalue weighted by Crippen LogP contribution is -2.18. The van der Waals surface area contributed by atoms with E-state index in [0.717, 1.165) is 10.2 Å². The molecule has 0 radical (unpaired) electrons. The quantitative estimate of drug-likeness (QED) is 0.902. The molecular formula is C13H13BrF3N3O. The van der Waals surface area contributed by atoms with E-state index >= 15 is 0 Å². The van der Waals surface area contributed by atoms with Gasteiger partial charge in [-0.25, -0.2) is 0 Å². The Labute approximate surface area is 127 Å². The van der Waals surface area contributed by atoms with Gasteiger partial charge in [0.25, 0.3) is 0 Å². The lowest BCUT2D eigenvalue weighted by Gasteiger charge is -2.15. The van der Waals surface area contributed by atoms with Crippen LogP contribution in [-0.4, -0.2) is 16.1 Å². The second-order valence-corrected chi connectivity index (χ2v) is 5.14. The highest BCUT2D eigenvalue weighted by Crippen LogP contribution is 2.29. The topological polar surface area (TPSA) is 53.1 Å². The first-order valence-corrected chi connectivity index (χ1v) is 6.93. The normalized spacial score (nSPS) is 13.2. The lowest BCUT2D eigenvalue weighted by molar-refractivity contribution is -0.274. The van der Waals surface area contributed by atoms with E-state index in [0.29, 0.717) is 12.1 Å². The van der Waals surface area contributed by atoms with Crippen LogP contribution in [0, 0.1) is 0 Å². The van der Waals surface area contributed by atoms with Gasteiger partial charge in [-0.2, -0.15) is 5.10 Å². The minimum atomic E-state index is -4.70. The smallest absolute Gasteiger partial charge is 0.406 e. The van der Waals surface area contributed by atoms with Crippen molar-refractivity contribution in [2.45, 2.75) is 25.9 Å². The van der Waals surface area contributed by atoms with Crippen molar-refractivity contribution in [2.24, 2.45) is 5.73 Å². The molecule has 21 heavy (non-hydrogen) atoms. The zero-order valence-electron chi connectivity index (χ0n) is 11.1. The van der Waals surface area contributed by atoms with Crippen LogP contribution in [0.2, 0.25) is 0 Å². The van der Waals surface area contributed by atoms with Crippen molar-refractivity contribution in [3.05, 3.63) is 46.2 Å². The van der Waals surface area contributed by atoms with Crippen molar-refractivity contribution in [1.29, 1.82) is 0 Å². The Balaban J connectivity index is 2.24. The molecule has 0 aliphatic carbocycles. The van der Waals surface area contributed by atoms with Gasteiger partial charge in [0.2, 0.25) is 0 Å². The third-order valence-electron chi connectivity index (χ3n) is 2.90. The molecule has 0 aliphatic heterocycles. The summed E-state index contributed by atoms with van der Waals surface area (Å²) in [5.41, 5.74) is 7.59. The molecule has 0 spiro atoms. The van der Waals surface area contributed by atoms with Crippen molar-refractivity contribution in [3.8, 4) is 5.75 Å². The molecule has 114 valence electrons. The predicted molar refractivity (Wildman–Crippen MR) is 74.8 cm³/mol. The summed E-state index contributed by atoms with van der Waals surface area (Å²) in [6.07, 6.45) is -3.06. The summed E-state index contributed by atoms with van der Waals surface area (Å²) >= 11 is 3.37.